The highest BCUT2D eigenvalue weighted by molar-refractivity contribution is 5.95. The smallest absolute Gasteiger partial charge is 0.252 e. The normalized spacial score (nSPS) is 13.9. The molecule has 0 radical (unpaired) electrons. The Morgan fingerprint density at radius 3 is 2.52 bits per heavy atom. The SMILES string of the molecule is O=C(NC(c1ccccc1)c1ccccn1)c1ccc2c(c1)CCC2. The Kier molecular flexibility index (Phi) is 4.30. The van der Waals surface area contributed by atoms with Crippen LogP contribution in [0.3, 0.4) is 0 Å². The molecule has 0 fully saturated rings. The van der Waals surface area contributed by atoms with Crippen molar-refractivity contribution in [3.63, 3.8) is 0 Å². The third-order valence-electron chi connectivity index (χ3n) is 4.75. The van der Waals surface area contributed by atoms with Gasteiger partial charge in [-0.25, -0.2) is 0 Å². The minimum absolute atomic E-state index is 0.0609. The number of carbonyl (C=O) groups excluding carboxylic acids is 1. The Hall–Kier alpha value is -2.94. The van der Waals surface area contributed by atoms with Gasteiger partial charge in [-0.05, 0) is 60.2 Å². The van der Waals surface area contributed by atoms with Crippen LogP contribution in [0, 0.1) is 0 Å². The van der Waals surface area contributed by atoms with Gasteiger partial charge in [0.15, 0.2) is 0 Å². The fourth-order valence-electron chi connectivity index (χ4n) is 3.45. The van der Waals surface area contributed by atoms with E-state index in [9.17, 15) is 4.79 Å². The van der Waals surface area contributed by atoms with Crippen molar-refractivity contribution in [3.05, 3.63) is 101 Å². The number of fused-ring (bicyclic) bond motifs is 1. The number of amides is 1. The summed E-state index contributed by atoms with van der Waals surface area (Å²) in [5.41, 5.74) is 5.26. The van der Waals surface area contributed by atoms with E-state index >= 15 is 0 Å². The van der Waals surface area contributed by atoms with Crippen molar-refractivity contribution >= 4 is 5.91 Å². The van der Waals surface area contributed by atoms with Crippen LogP contribution in [0.1, 0.15) is 45.2 Å². The largest absolute Gasteiger partial charge is 0.340 e. The summed E-state index contributed by atoms with van der Waals surface area (Å²) in [5, 5.41) is 3.16. The molecule has 0 bridgehead atoms. The van der Waals surface area contributed by atoms with Crippen LogP contribution in [0.25, 0.3) is 0 Å². The molecular formula is C22H20N2O. The van der Waals surface area contributed by atoms with Gasteiger partial charge in [-0.3, -0.25) is 9.78 Å². The molecule has 124 valence electrons. The molecule has 0 saturated heterocycles. The number of hydrogen-bond acceptors (Lipinski definition) is 2. The number of nitrogens with one attached hydrogen (secondary N) is 1. The molecule has 0 spiro atoms. The lowest BCUT2D eigenvalue weighted by molar-refractivity contribution is 0.0942. The first-order valence-corrected chi connectivity index (χ1v) is 8.70. The first kappa shape index (κ1) is 15.6. The van der Waals surface area contributed by atoms with Crippen molar-refractivity contribution in [2.75, 3.05) is 0 Å². The van der Waals surface area contributed by atoms with E-state index in [0.717, 1.165) is 29.7 Å². The van der Waals surface area contributed by atoms with E-state index in [1.165, 1.54) is 17.5 Å². The first-order valence-electron chi connectivity index (χ1n) is 8.70. The van der Waals surface area contributed by atoms with E-state index in [2.05, 4.69) is 16.4 Å². The number of rotatable bonds is 4. The van der Waals surface area contributed by atoms with Crippen LogP contribution in [0.15, 0.2) is 72.9 Å². The number of benzene rings is 2. The third-order valence-corrected chi connectivity index (χ3v) is 4.75. The molecule has 3 nitrogen and oxygen atoms in total. The van der Waals surface area contributed by atoms with Gasteiger partial charge in [0.05, 0.1) is 11.7 Å². The van der Waals surface area contributed by atoms with Crippen LogP contribution in [0.4, 0.5) is 0 Å². The Labute approximate surface area is 147 Å². The summed E-state index contributed by atoms with van der Waals surface area (Å²) in [5.74, 6) is -0.0609. The lowest BCUT2D eigenvalue weighted by Crippen LogP contribution is -2.30. The molecule has 25 heavy (non-hydrogen) atoms. The quantitative estimate of drug-likeness (QED) is 0.784. The van der Waals surface area contributed by atoms with E-state index < -0.39 is 0 Å². The molecule has 1 N–H and O–H groups in total. The van der Waals surface area contributed by atoms with Gasteiger partial charge in [0.25, 0.3) is 5.91 Å². The predicted octanol–water partition coefficient (Wildman–Crippen LogP) is 4.09. The Morgan fingerprint density at radius 1 is 0.920 bits per heavy atom. The van der Waals surface area contributed by atoms with Crippen LogP contribution in [-0.4, -0.2) is 10.9 Å². The number of carbonyl (C=O) groups is 1. The maximum absolute atomic E-state index is 12.9. The number of pyridine rings is 1. The maximum Gasteiger partial charge on any atom is 0.252 e. The summed E-state index contributed by atoms with van der Waals surface area (Å²) in [6.07, 6.45) is 5.13. The zero-order valence-electron chi connectivity index (χ0n) is 14.0. The summed E-state index contributed by atoms with van der Waals surface area (Å²) in [6, 6.07) is 21.5. The van der Waals surface area contributed by atoms with Gasteiger partial charge in [-0.15, -0.1) is 0 Å². The summed E-state index contributed by atoms with van der Waals surface area (Å²) >= 11 is 0. The van der Waals surface area contributed by atoms with Gasteiger partial charge >= 0.3 is 0 Å². The van der Waals surface area contributed by atoms with Crippen LogP contribution < -0.4 is 5.32 Å². The zero-order chi connectivity index (χ0) is 17.1. The van der Waals surface area contributed by atoms with Gasteiger partial charge in [-0.1, -0.05) is 42.5 Å². The minimum atomic E-state index is -0.261. The van der Waals surface area contributed by atoms with Crippen molar-refractivity contribution in [3.8, 4) is 0 Å². The molecule has 0 saturated carbocycles. The second-order valence-corrected chi connectivity index (χ2v) is 6.41. The second kappa shape index (κ2) is 6.89. The van der Waals surface area contributed by atoms with E-state index in [0.29, 0.717) is 0 Å². The highest BCUT2D eigenvalue weighted by Crippen LogP contribution is 2.24. The summed E-state index contributed by atoms with van der Waals surface area (Å²) in [6.45, 7) is 0. The van der Waals surface area contributed by atoms with Gasteiger partial charge in [0, 0.05) is 11.8 Å². The molecule has 3 heteroatoms. The molecule has 2 aromatic carbocycles. The van der Waals surface area contributed by atoms with Crippen LogP contribution in [0.2, 0.25) is 0 Å². The van der Waals surface area contributed by atoms with E-state index in [-0.39, 0.29) is 11.9 Å². The summed E-state index contributed by atoms with van der Waals surface area (Å²) < 4.78 is 0. The standard InChI is InChI=1S/C22H20N2O/c25-22(19-13-12-16-9-6-10-18(16)15-19)24-21(17-7-2-1-3-8-17)20-11-4-5-14-23-20/h1-5,7-8,11-15,21H,6,9-10H2,(H,24,25). The van der Waals surface area contributed by atoms with Crippen molar-refractivity contribution < 1.29 is 4.79 Å². The number of hydrogen-bond donors (Lipinski definition) is 1. The van der Waals surface area contributed by atoms with Gasteiger partial charge < -0.3 is 5.32 Å². The third kappa shape index (κ3) is 3.31. The van der Waals surface area contributed by atoms with Crippen molar-refractivity contribution in [2.45, 2.75) is 25.3 Å². The molecule has 1 heterocycles. The van der Waals surface area contributed by atoms with Gasteiger partial charge in [0.1, 0.15) is 0 Å². The van der Waals surface area contributed by atoms with Crippen LogP contribution >= 0.6 is 0 Å². The summed E-state index contributed by atoms with van der Waals surface area (Å²) in [4.78, 5) is 17.3. The molecule has 1 aliphatic carbocycles. The van der Waals surface area contributed by atoms with Crippen molar-refractivity contribution in [1.29, 1.82) is 0 Å². The number of nitrogens with zero attached hydrogens (tertiary/aromatic N) is 1. The number of aryl methyl sites for hydroxylation is 2. The minimum Gasteiger partial charge on any atom is -0.340 e. The topological polar surface area (TPSA) is 42.0 Å². The van der Waals surface area contributed by atoms with E-state index in [1.54, 1.807) is 6.20 Å². The first-order chi connectivity index (χ1) is 12.3. The zero-order valence-corrected chi connectivity index (χ0v) is 14.0. The molecule has 1 unspecified atom stereocenters. The van der Waals surface area contributed by atoms with Crippen molar-refractivity contribution in [1.82, 2.24) is 10.3 Å². The lowest BCUT2D eigenvalue weighted by atomic mass is 10.0. The molecular weight excluding hydrogens is 308 g/mol. The molecule has 1 atom stereocenters. The van der Waals surface area contributed by atoms with E-state index in [1.807, 2.05) is 60.7 Å². The highest BCUT2D eigenvalue weighted by atomic mass is 16.1. The molecule has 1 aliphatic rings. The molecule has 3 aromatic rings. The maximum atomic E-state index is 12.9. The van der Waals surface area contributed by atoms with Gasteiger partial charge in [0.2, 0.25) is 0 Å². The highest BCUT2D eigenvalue weighted by Gasteiger charge is 2.20. The predicted molar refractivity (Wildman–Crippen MR) is 98.5 cm³/mol. The molecule has 0 aliphatic heterocycles. The molecule has 4 rings (SSSR count). The average molecular weight is 328 g/mol. The Bertz CT molecular complexity index is 836. The average Bonchev–Trinajstić information content (AvgIpc) is 3.15. The summed E-state index contributed by atoms with van der Waals surface area (Å²) in [7, 11) is 0. The van der Waals surface area contributed by atoms with Crippen LogP contribution in [0.5, 0.6) is 0 Å². The number of aromatic nitrogens is 1. The monoisotopic (exact) mass is 328 g/mol. The van der Waals surface area contributed by atoms with Gasteiger partial charge in [-0.2, -0.15) is 0 Å². The Balaban J connectivity index is 1.63. The second-order valence-electron chi connectivity index (χ2n) is 6.41. The Morgan fingerprint density at radius 2 is 1.72 bits per heavy atom. The van der Waals surface area contributed by atoms with Crippen molar-refractivity contribution in [2.24, 2.45) is 0 Å². The van der Waals surface area contributed by atoms with Crippen LogP contribution in [-0.2, 0) is 12.8 Å². The molecule has 1 aromatic heterocycles. The fourth-order valence-corrected chi connectivity index (χ4v) is 3.45. The fraction of sp³-hybridized carbons (Fsp3) is 0.182. The molecule has 1 amide bonds. The lowest BCUT2D eigenvalue weighted by Gasteiger charge is -2.19. The van der Waals surface area contributed by atoms with E-state index in [4.69, 9.17) is 0 Å².